The van der Waals surface area contributed by atoms with Crippen molar-refractivity contribution in [3.63, 3.8) is 0 Å². The number of aliphatic hydroxyl groups is 1. The van der Waals surface area contributed by atoms with Crippen molar-refractivity contribution >= 4 is 15.6 Å². The van der Waals surface area contributed by atoms with Gasteiger partial charge >= 0.3 is 0 Å². The Morgan fingerprint density at radius 1 is 0.735 bits per heavy atom. The number of sulfone groups is 1. The maximum Gasteiger partial charge on any atom is 0.199 e. The zero-order valence-corrected chi connectivity index (χ0v) is 19.2. The second kappa shape index (κ2) is 10.5. The van der Waals surface area contributed by atoms with Crippen LogP contribution < -0.4 is 4.74 Å². The van der Waals surface area contributed by atoms with Gasteiger partial charge in [0.25, 0.3) is 0 Å². The molecule has 0 fully saturated rings. The van der Waals surface area contributed by atoms with Crippen LogP contribution >= 0.6 is 0 Å². The third-order valence-electron chi connectivity index (χ3n) is 5.47. The number of para-hydroxylation sites is 1. The fourth-order valence-electron chi connectivity index (χ4n) is 3.64. The number of rotatable bonds is 9. The standard InChI is InChI=1S/C28H24O5S/c29-27(21-11-3-1-4-12-21)28(30)25-17-9-10-18-26(25)33-19-22-13-7-8-14-23(22)20-34(31,32)24-15-5-2-6-16-24/h1-18,27,29H,19-20H2. The fraction of sp³-hybridized carbons (Fsp3) is 0.107. The summed E-state index contributed by atoms with van der Waals surface area (Å²) in [6, 6.07) is 30.9. The van der Waals surface area contributed by atoms with Crippen molar-refractivity contribution in [1.82, 2.24) is 0 Å². The van der Waals surface area contributed by atoms with Crippen LogP contribution in [0.5, 0.6) is 5.75 Å². The van der Waals surface area contributed by atoms with Gasteiger partial charge in [-0.05, 0) is 41.0 Å². The van der Waals surface area contributed by atoms with Gasteiger partial charge in [-0.25, -0.2) is 8.42 Å². The van der Waals surface area contributed by atoms with Crippen LogP contribution in [0.3, 0.4) is 0 Å². The predicted molar refractivity (Wildman–Crippen MR) is 130 cm³/mol. The molecule has 1 unspecified atom stereocenters. The minimum absolute atomic E-state index is 0.0756. The number of hydrogen-bond donors (Lipinski definition) is 1. The van der Waals surface area contributed by atoms with Gasteiger partial charge in [0, 0.05) is 0 Å². The summed E-state index contributed by atoms with van der Waals surface area (Å²) in [5, 5.41) is 10.6. The molecule has 0 amide bonds. The van der Waals surface area contributed by atoms with Crippen LogP contribution in [0, 0.1) is 0 Å². The quantitative estimate of drug-likeness (QED) is 0.341. The Balaban J connectivity index is 1.54. The van der Waals surface area contributed by atoms with E-state index in [2.05, 4.69) is 0 Å². The first-order chi connectivity index (χ1) is 16.5. The highest BCUT2D eigenvalue weighted by Gasteiger charge is 2.23. The van der Waals surface area contributed by atoms with Crippen LogP contribution in [0.2, 0.25) is 0 Å². The zero-order valence-electron chi connectivity index (χ0n) is 18.4. The molecule has 4 aromatic rings. The van der Waals surface area contributed by atoms with E-state index in [4.69, 9.17) is 4.74 Å². The number of benzene rings is 4. The molecule has 4 rings (SSSR count). The smallest absolute Gasteiger partial charge is 0.199 e. The van der Waals surface area contributed by atoms with Gasteiger partial charge < -0.3 is 9.84 Å². The molecule has 172 valence electrons. The van der Waals surface area contributed by atoms with E-state index in [9.17, 15) is 18.3 Å². The topological polar surface area (TPSA) is 80.7 Å². The highest BCUT2D eigenvalue weighted by molar-refractivity contribution is 7.90. The van der Waals surface area contributed by atoms with E-state index in [1.165, 1.54) is 0 Å². The molecule has 0 radical (unpaired) electrons. The van der Waals surface area contributed by atoms with Gasteiger partial charge in [0.2, 0.25) is 0 Å². The van der Waals surface area contributed by atoms with Crippen LogP contribution in [-0.4, -0.2) is 19.3 Å². The first-order valence-electron chi connectivity index (χ1n) is 10.8. The number of carbonyl (C=O) groups excluding carboxylic acids is 1. The van der Waals surface area contributed by atoms with Crippen LogP contribution in [0.4, 0.5) is 0 Å². The van der Waals surface area contributed by atoms with Crippen molar-refractivity contribution in [3.05, 3.63) is 131 Å². The lowest BCUT2D eigenvalue weighted by atomic mass is 9.99. The van der Waals surface area contributed by atoms with E-state index in [0.717, 1.165) is 0 Å². The summed E-state index contributed by atoms with van der Waals surface area (Å²) in [6.45, 7) is 0.0756. The van der Waals surface area contributed by atoms with Crippen LogP contribution in [0.1, 0.15) is 33.2 Å². The van der Waals surface area contributed by atoms with E-state index in [1.54, 1.807) is 97.1 Å². The summed E-state index contributed by atoms with van der Waals surface area (Å²) in [7, 11) is -3.52. The molecule has 0 bridgehead atoms. The Morgan fingerprint density at radius 2 is 1.29 bits per heavy atom. The molecule has 5 nitrogen and oxygen atoms in total. The number of ether oxygens (including phenoxy) is 1. The molecule has 34 heavy (non-hydrogen) atoms. The molecule has 0 saturated heterocycles. The largest absolute Gasteiger partial charge is 0.488 e. The monoisotopic (exact) mass is 472 g/mol. The van der Waals surface area contributed by atoms with E-state index >= 15 is 0 Å². The van der Waals surface area contributed by atoms with Crippen LogP contribution in [0.15, 0.2) is 114 Å². The second-order valence-corrected chi connectivity index (χ2v) is 9.79. The molecule has 0 aliphatic rings. The maximum absolute atomic E-state index is 13.0. The molecule has 0 aliphatic carbocycles. The van der Waals surface area contributed by atoms with E-state index in [-0.39, 0.29) is 22.8 Å². The number of carbonyl (C=O) groups is 1. The highest BCUT2D eigenvalue weighted by Crippen LogP contribution is 2.27. The van der Waals surface area contributed by atoms with Crippen molar-refractivity contribution in [3.8, 4) is 5.75 Å². The summed E-state index contributed by atoms with van der Waals surface area (Å²) in [4.78, 5) is 13.2. The van der Waals surface area contributed by atoms with Gasteiger partial charge in [0.15, 0.2) is 15.6 Å². The minimum Gasteiger partial charge on any atom is -0.488 e. The fourth-order valence-corrected chi connectivity index (χ4v) is 5.07. The van der Waals surface area contributed by atoms with Crippen molar-refractivity contribution in [2.24, 2.45) is 0 Å². The molecular formula is C28H24O5S. The molecular weight excluding hydrogens is 448 g/mol. The molecule has 4 aromatic carbocycles. The van der Waals surface area contributed by atoms with Gasteiger partial charge in [-0.1, -0.05) is 84.9 Å². The maximum atomic E-state index is 13.0. The molecule has 6 heteroatoms. The molecule has 1 atom stereocenters. The zero-order chi connectivity index (χ0) is 24.0. The Labute approximate surface area is 199 Å². The van der Waals surface area contributed by atoms with Gasteiger partial charge in [0.05, 0.1) is 16.2 Å². The van der Waals surface area contributed by atoms with Gasteiger partial charge in [-0.3, -0.25) is 4.79 Å². The van der Waals surface area contributed by atoms with Gasteiger partial charge in [0.1, 0.15) is 18.5 Å². The normalized spacial score (nSPS) is 12.1. The SMILES string of the molecule is O=C(c1ccccc1OCc1ccccc1CS(=O)(=O)c1ccccc1)C(O)c1ccccc1. The lowest BCUT2D eigenvalue weighted by molar-refractivity contribution is 0.0743. The van der Waals surface area contributed by atoms with Crippen molar-refractivity contribution in [2.75, 3.05) is 0 Å². The van der Waals surface area contributed by atoms with Gasteiger partial charge in [-0.15, -0.1) is 0 Å². The summed E-state index contributed by atoms with van der Waals surface area (Å²) >= 11 is 0. The number of Topliss-reactive ketones (excluding diaryl/α,β-unsaturated/α-hetero) is 1. The summed E-state index contributed by atoms with van der Waals surface area (Å²) in [6.07, 6.45) is -1.31. The number of hydrogen-bond acceptors (Lipinski definition) is 5. The minimum atomic E-state index is -3.52. The first-order valence-corrected chi connectivity index (χ1v) is 12.4. The Morgan fingerprint density at radius 3 is 2.00 bits per heavy atom. The first kappa shape index (κ1) is 23.4. The lowest BCUT2D eigenvalue weighted by Crippen LogP contribution is -2.14. The third-order valence-corrected chi connectivity index (χ3v) is 7.15. The summed E-state index contributed by atoms with van der Waals surface area (Å²) in [5.74, 6) is -0.311. The number of ketones is 1. The van der Waals surface area contributed by atoms with Crippen LogP contribution in [0.25, 0.3) is 0 Å². The lowest BCUT2D eigenvalue weighted by Gasteiger charge is -2.16. The van der Waals surface area contributed by atoms with Crippen LogP contribution in [-0.2, 0) is 22.2 Å². The summed E-state index contributed by atoms with van der Waals surface area (Å²) < 4.78 is 31.7. The predicted octanol–water partition coefficient (Wildman–Crippen LogP) is 5.16. The average molecular weight is 473 g/mol. The average Bonchev–Trinajstić information content (AvgIpc) is 2.88. The van der Waals surface area contributed by atoms with Crippen molar-refractivity contribution in [1.29, 1.82) is 0 Å². The highest BCUT2D eigenvalue weighted by atomic mass is 32.2. The molecule has 0 heterocycles. The van der Waals surface area contributed by atoms with Crippen molar-refractivity contribution in [2.45, 2.75) is 23.4 Å². The summed E-state index contributed by atoms with van der Waals surface area (Å²) in [5.41, 5.74) is 2.08. The third kappa shape index (κ3) is 5.42. The molecule has 0 spiro atoms. The molecule has 0 aliphatic heterocycles. The van der Waals surface area contributed by atoms with E-state index in [1.807, 2.05) is 12.1 Å². The van der Waals surface area contributed by atoms with Crippen molar-refractivity contribution < 1.29 is 23.1 Å². The molecule has 1 N–H and O–H groups in total. The Hall–Kier alpha value is -3.74. The Kier molecular flexibility index (Phi) is 7.21. The van der Waals surface area contributed by atoms with E-state index < -0.39 is 21.7 Å². The molecule has 0 aromatic heterocycles. The molecule has 0 saturated carbocycles. The Bertz CT molecular complexity index is 1370. The number of aliphatic hydroxyl groups excluding tert-OH is 1. The van der Waals surface area contributed by atoms with E-state index in [0.29, 0.717) is 22.4 Å². The second-order valence-electron chi connectivity index (χ2n) is 7.80. The van der Waals surface area contributed by atoms with Gasteiger partial charge in [-0.2, -0.15) is 0 Å².